The number of hydrogen-bond donors (Lipinski definition) is 2. The molecule has 1 aliphatic heterocycles. The van der Waals surface area contributed by atoms with Crippen LogP contribution in [0.5, 0.6) is 5.75 Å². The van der Waals surface area contributed by atoms with Gasteiger partial charge in [-0.1, -0.05) is 0 Å². The van der Waals surface area contributed by atoms with Gasteiger partial charge in [0.15, 0.2) is 5.96 Å². The Balaban J connectivity index is 0.00000243. The summed E-state index contributed by atoms with van der Waals surface area (Å²) in [6.07, 6.45) is 3.40. The van der Waals surface area contributed by atoms with E-state index in [1.165, 1.54) is 12.1 Å². The van der Waals surface area contributed by atoms with Gasteiger partial charge in [-0.05, 0) is 37.6 Å². The molecule has 7 nitrogen and oxygen atoms in total. The Kier molecular flexibility index (Phi) is 7.61. The Morgan fingerprint density at radius 2 is 2.19 bits per heavy atom. The smallest absolute Gasteiger partial charge is 0.191 e. The van der Waals surface area contributed by atoms with Gasteiger partial charge in [-0.25, -0.2) is 14.1 Å². The highest BCUT2D eigenvalue weighted by Gasteiger charge is 2.20. The van der Waals surface area contributed by atoms with Crippen LogP contribution in [0.25, 0.3) is 0 Å². The lowest BCUT2D eigenvalue weighted by molar-refractivity contribution is 0.223. The van der Waals surface area contributed by atoms with Gasteiger partial charge in [-0.15, -0.1) is 24.0 Å². The third kappa shape index (κ3) is 5.55. The van der Waals surface area contributed by atoms with Crippen molar-refractivity contribution in [3.05, 3.63) is 42.2 Å². The van der Waals surface area contributed by atoms with E-state index in [4.69, 9.17) is 4.74 Å². The highest BCUT2D eigenvalue weighted by atomic mass is 127. The molecular weight excluding hydrogens is 450 g/mol. The number of rotatable bonds is 5. The summed E-state index contributed by atoms with van der Waals surface area (Å²) in [4.78, 5) is 8.49. The summed E-state index contributed by atoms with van der Waals surface area (Å²) in [5.74, 6) is 2.13. The van der Waals surface area contributed by atoms with Crippen molar-refractivity contribution in [1.82, 2.24) is 25.4 Å². The Labute approximate surface area is 169 Å². The van der Waals surface area contributed by atoms with Gasteiger partial charge in [-0.3, -0.25) is 4.99 Å². The summed E-state index contributed by atoms with van der Waals surface area (Å²) in [6.45, 7) is 3.31. The van der Waals surface area contributed by atoms with E-state index in [-0.39, 0.29) is 41.9 Å². The fraction of sp³-hybridized carbons (Fsp3) is 0.471. The van der Waals surface area contributed by atoms with Gasteiger partial charge in [-0.2, -0.15) is 5.10 Å². The van der Waals surface area contributed by atoms with E-state index in [0.29, 0.717) is 12.3 Å². The second kappa shape index (κ2) is 9.70. The third-order valence-corrected chi connectivity index (χ3v) is 4.08. The predicted octanol–water partition coefficient (Wildman–Crippen LogP) is 1.98. The van der Waals surface area contributed by atoms with Crippen molar-refractivity contribution in [2.75, 3.05) is 13.6 Å². The summed E-state index contributed by atoms with van der Waals surface area (Å²) >= 11 is 0. The number of aromatic nitrogens is 3. The molecule has 0 amide bonds. The van der Waals surface area contributed by atoms with Gasteiger partial charge in [0, 0.05) is 19.5 Å². The van der Waals surface area contributed by atoms with Crippen LogP contribution in [-0.4, -0.2) is 46.5 Å². The lowest BCUT2D eigenvalue weighted by Crippen LogP contribution is -2.48. The lowest BCUT2D eigenvalue weighted by atomic mass is 10.1. The highest BCUT2D eigenvalue weighted by Crippen LogP contribution is 2.13. The second-order valence-corrected chi connectivity index (χ2v) is 6.07. The molecule has 2 N–H and O–H groups in total. The molecular formula is C17H24FIN6O. The van der Waals surface area contributed by atoms with E-state index in [0.717, 1.165) is 31.2 Å². The largest absolute Gasteiger partial charge is 0.489 e. The molecule has 0 bridgehead atoms. The molecule has 2 unspecified atom stereocenters. The number of ether oxygens (including phenoxy) is 1. The molecule has 9 heteroatoms. The van der Waals surface area contributed by atoms with Crippen LogP contribution < -0.4 is 15.4 Å². The normalized spacial score (nSPS) is 17.7. The van der Waals surface area contributed by atoms with Gasteiger partial charge in [0.2, 0.25) is 0 Å². The molecule has 2 aromatic rings. The molecule has 2 atom stereocenters. The van der Waals surface area contributed by atoms with Crippen molar-refractivity contribution >= 4 is 29.9 Å². The van der Waals surface area contributed by atoms with E-state index in [9.17, 15) is 4.39 Å². The lowest BCUT2D eigenvalue weighted by Gasteiger charge is -2.26. The topological polar surface area (TPSA) is 76.4 Å². The minimum absolute atomic E-state index is 0. The maximum atomic E-state index is 12.9. The van der Waals surface area contributed by atoms with Crippen LogP contribution in [0.1, 0.15) is 19.2 Å². The Bertz CT molecular complexity index is 720. The molecule has 142 valence electrons. The quantitative estimate of drug-likeness (QED) is 0.394. The molecule has 0 aliphatic carbocycles. The van der Waals surface area contributed by atoms with Gasteiger partial charge in [0.25, 0.3) is 0 Å². The third-order valence-electron chi connectivity index (χ3n) is 4.08. The summed E-state index contributed by atoms with van der Waals surface area (Å²) in [6, 6.07) is 6.27. The Morgan fingerprint density at radius 3 is 2.92 bits per heavy atom. The Morgan fingerprint density at radius 1 is 1.42 bits per heavy atom. The molecule has 1 aromatic heterocycles. The number of aryl methyl sites for hydroxylation is 1. The average Bonchev–Trinajstić information content (AvgIpc) is 3.08. The van der Waals surface area contributed by atoms with Gasteiger partial charge < -0.3 is 15.4 Å². The molecule has 0 radical (unpaired) electrons. The molecule has 2 heterocycles. The van der Waals surface area contributed by atoms with Crippen molar-refractivity contribution in [3.8, 4) is 5.75 Å². The second-order valence-electron chi connectivity index (χ2n) is 6.07. The predicted molar refractivity (Wildman–Crippen MR) is 109 cm³/mol. The van der Waals surface area contributed by atoms with Crippen molar-refractivity contribution < 1.29 is 9.13 Å². The highest BCUT2D eigenvalue weighted by molar-refractivity contribution is 14.0. The monoisotopic (exact) mass is 474 g/mol. The first-order valence-electron chi connectivity index (χ1n) is 8.40. The van der Waals surface area contributed by atoms with Crippen molar-refractivity contribution in [1.29, 1.82) is 0 Å². The molecule has 0 spiro atoms. The number of benzene rings is 1. The average molecular weight is 474 g/mol. The molecule has 0 saturated heterocycles. The molecule has 1 aliphatic rings. The molecule has 0 saturated carbocycles. The number of halogens is 2. The first-order chi connectivity index (χ1) is 12.1. The van der Waals surface area contributed by atoms with Crippen LogP contribution in [-0.2, 0) is 13.0 Å². The van der Waals surface area contributed by atoms with Crippen LogP contribution in [0.15, 0.2) is 35.6 Å². The molecule has 0 fully saturated rings. The van der Waals surface area contributed by atoms with Crippen molar-refractivity contribution in [3.63, 3.8) is 0 Å². The summed E-state index contributed by atoms with van der Waals surface area (Å²) < 4.78 is 20.6. The van der Waals surface area contributed by atoms with Gasteiger partial charge >= 0.3 is 0 Å². The zero-order valence-corrected chi connectivity index (χ0v) is 17.2. The number of guanidine groups is 1. The molecule has 3 rings (SSSR count). The van der Waals surface area contributed by atoms with E-state index < -0.39 is 0 Å². The van der Waals surface area contributed by atoms with Crippen molar-refractivity contribution in [2.45, 2.75) is 38.5 Å². The number of nitrogens with zero attached hydrogens (tertiary/aromatic N) is 4. The van der Waals surface area contributed by atoms with Crippen LogP contribution in [0.3, 0.4) is 0 Å². The number of hydrogen-bond acceptors (Lipinski definition) is 4. The van der Waals surface area contributed by atoms with Crippen LogP contribution in [0.2, 0.25) is 0 Å². The number of fused-ring (bicyclic) bond motifs is 1. The maximum Gasteiger partial charge on any atom is 0.191 e. The van der Waals surface area contributed by atoms with Crippen LogP contribution >= 0.6 is 24.0 Å². The van der Waals surface area contributed by atoms with E-state index in [2.05, 4.69) is 25.7 Å². The molecule has 26 heavy (non-hydrogen) atoms. The standard InChI is InChI=1S/C17H23FN6O.HI/c1-12(25-15-6-3-13(18)4-7-15)9-20-17(19-2)23-14-5-8-16-21-11-22-24(16)10-14;/h3-4,6-7,11-12,14H,5,8-10H2,1-2H3,(H2,19,20,23);1H. The maximum absolute atomic E-state index is 12.9. The van der Waals surface area contributed by atoms with E-state index in [1.807, 2.05) is 11.6 Å². The summed E-state index contributed by atoms with van der Waals surface area (Å²) in [7, 11) is 1.74. The minimum atomic E-state index is -0.272. The fourth-order valence-corrected chi connectivity index (χ4v) is 2.77. The summed E-state index contributed by atoms with van der Waals surface area (Å²) in [5.41, 5.74) is 0. The van der Waals surface area contributed by atoms with E-state index >= 15 is 0 Å². The van der Waals surface area contributed by atoms with Crippen LogP contribution in [0.4, 0.5) is 4.39 Å². The summed E-state index contributed by atoms with van der Waals surface area (Å²) in [5, 5.41) is 10.9. The number of nitrogens with one attached hydrogen (secondary N) is 2. The fourth-order valence-electron chi connectivity index (χ4n) is 2.77. The van der Waals surface area contributed by atoms with Gasteiger partial charge in [0.05, 0.1) is 13.1 Å². The van der Waals surface area contributed by atoms with E-state index in [1.54, 1.807) is 25.5 Å². The minimum Gasteiger partial charge on any atom is -0.489 e. The number of aliphatic imine (C=N–C) groups is 1. The first kappa shape index (κ1) is 20.4. The Hall–Kier alpha value is -1.91. The SMILES string of the molecule is CN=C(NCC(C)Oc1ccc(F)cc1)NC1CCc2ncnn2C1.I. The zero-order chi connectivity index (χ0) is 17.6. The van der Waals surface area contributed by atoms with Crippen molar-refractivity contribution in [2.24, 2.45) is 4.99 Å². The van der Waals surface area contributed by atoms with Crippen LogP contribution in [0, 0.1) is 5.82 Å². The van der Waals surface area contributed by atoms with Gasteiger partial charge in [0.1, 0.15) is 29.8 Å². The first-order valence-corrected chi connectivity index (χ1v) is 8.40. The molecule has 1 aromatic carbocycles. The zero-order valence-electron chi connectivity index (χ0n) is 14.9.